The molecule has 0 bridgehead atoms. The van der Waals surface area contributed by atoms with E-state index in [2.05, 4.69) is 32.2 Å². The summed E-state index contributed by atoms with van der Waals surface area (Å²) in [6.07, 6.45) is 4.70. The Hall–Kier alpha value is -4.21. The molecule has 3 aromatic carbocycles. The minimum atomic E-state index is -0.224. The molecule has 0 spiro atoms. The van der Waals surface area contributed by atoms with E-state index in [9.17, 15) is 9.18 Å². The summed E-state index contributed by atoms with van der Waals surface area (Å²) in [5, 5.41) is 4.64. The molecule has 1 unspecified atom stereocenters. The van der Waals surface area contributed by atoms with E-state index in [1.54, 1.807) is 41.9 Å². The maximum absolute atomic E-state index is 13.4. The third-order valence-electron chi connectivity index (χ3n) is 8.45. The van der Waals surface area contributed by atoms with Crippen LogP contribution in [0.4, 0.5) is 21.6 Å². The quantitative estimate of drug-likeness (QED) is 0.208. The molecule has 224 valence electrons. The molecule has 10 heteroatoms. The van der Waals surface area contributed by atoms with E-state index < -0.39 is 0 Å². The van der Waals surface area contributed by atoms with Crippen molar-refractivity contribution in [1.82, 2.24) is 9.97 Å². The SMILES string of the molecule is O=C(COc1ccc(C2CCc3c(sc4ncnc(N5CCN(c6ccc(F)cc6)CC5)c34)C2)cc1)Nc1ccc(Cl)cc1. The Morgan fingerprint density at radius 1 is 0.955 bits per heavy atom. The molecule has 3 heterocycles. The summed E-state index contributed by atoms with van der Waals surface area (Å²) >= 11 is 7.70. The van der Waals surface area contributed by atoms with Crippen molar-refractivity contribution in [1.29, 1.82) is 0 Å². The molecular weight excluding hydrogens is 597 g/mol. The smallest absolute Gasteiger partial charge is 0.262 e. The highest BCUT2D eigenvalue weighted by Gasteiger charge is 2.28. The first-order valence-corrected chi connectivity index (χ1v) is 16.0. The number of halogens is 2. The van der Waals surface area contributed by atoms with Gasteiger partial charge in [0.05, 0.1) is 5.39 Å². The molecule has 7 rings (SSSR count). The van der Waals surface area contributed by atoms with Crippen LogP contribution in [0.2, 0.25) is 5.02 Å². The number of hydrogen-bond acceptors (Lipinski definition) is 7. The number of aryl methyl sites for hydroxylation is 1. The number of fused-ring (bicyclic) bond motifs is 3. The Bertz CT molecular complexity index is 1770. The van der Waals surface area contributed by atoms with E-state index in [4.69, 9.17) is 21.3 Å². The summed E-state index contributed by atoms with van der Waals surface area (Å²) in [5.41, 5.74) is 4.40. The zero-order valence-electron chi connectivity index (χ0n) is 24.0. The molecule has 5 aromatic rings. The number of nitrogens with one attached hydrogen (secondary N) is 1. The number of hydrogen-bond donors (Lipinski definition) is 1. The summed E-state index contributed by atoms with van der Waals surface area (Å²) in [5.74, 6) is 1.68. The largest absolute Gasteiger partial charge is 0.484 e. The summed E-state index contributed by atoms with van der Waals surface area (Å²) in [4.78, 5) is 28.8. The Morgan fingerprint density at radius 3 is 2.43 bits per heavy atom. The third kappa shape index (κ3) is 6.07. The fraction of sp³-hybridized carbons (Fsp3) is 0.265. The molecule has 1 N–H and O–H groups in total. The van der Waals surface area contributed by atoms with Crippen LogP contribution in [0.15, 0.2) is 79.1 Å². The van der Waals surface area contributed by atoms with E-state index in [0.717, 1.165) is 61.8 Å². The van der Waals surface area contributed by atoms with Gasteiger partial charge >= 0.3 is 0 Å². The zero-order valence-corrected chi connectivity index (χ0v) is 25.6. The minimum Gasteiger partial charge on any atom is -0.484 e. The van der Waals surface area contributed by atoms with E-state index >= 15 is 0 Å². The first-order chi connectivity index (χ1) is 21.5. The molecule has 1 aliphatic heterocycles. The number of benzene rings is 3. The van der Waals surface area contributed by atoms with Gasteiger partial charge in [0.1, 0.15) is 28.5 Å². The van der Waals surface area contributed by atoms with Crippen LogP contribution in [0.3, 0.4) is 0 Å². The van der Waals surface area contributed by atoms with E-state index in [-0.39, 0.29) is 18.3 Å². The number of thiophene rings is 1. The zero-order chi connectivity index (χ0) is 30.0. The highest BCUT2D eigenvalue weighted by Crippen LogP contribution is 2.43. The van der Waals surface area contributed by atoms with Gasteiger partial charge in [-0.15, -0.1) is 11.3 Å². The van der Waals surface area contributed by atoms with Crippen molar-refractivity contribution in [3.8, 4) is 5.75 Å². The first kappa shape index (κ1) is 28.6. The monoisotopic (exact) mass is 627 g/mol. The molecule has 7 nitrogen and oxygen atoms in total. The van der Waals surface area contributed by atoms with Gasteiger partial charge in [-0.05, 0) is 97.0 Å². The van der Waals surface area contributed by atoms with Gasteiger partial charge in [0.2, 0.25) is 0 Å². The van der Waals surface area contributed by atoms with E-state index in [1.807, 2.05) is 24.3 Å². The summed E-state index contributed by atoms with van der Waals surface area (Å²) in [6, 6.07) is 21.8. The Kier molecular flexibility index (Phi) is 8.06. The third-order valence-corrected chi connectivity index (χ3v) is 9.86. The lowest BCUT2D eigenvalue weighted by Crippen LogP contribution is -2.47. The number of aromatic nitrogens is 2. The maximum atomic E-state index is 13.4. The van der Waals surface area contributed by atoms with Crippen LogP contribution in [0, 0.1) is 5.82 Å². The molecule has 0 saturated carbocycles. The van der Waals surface area contributed by atoms with E-state index in [0.29, 0.717) is 22.4 Å². The fourth-order valence-corrected chi connectivity index (χ4v) is 7.55. The molecule has 44 heavy (non-hydrogen) atoms. The van der Waals surface area contributed by atoms with Crippen LogP contribution in [-0.2, 0) is 17.6 Å². The molecule has 1 fully saturated rings. The second-order valence-electron chi connectivity index (χ2n) is 11.2. The second-order valence-corrected chi connectivity index (χ2v) is 12.7. The topological polar surface area (TPSA) is 70.6 Å². The molecule has 1 saturated heterocycles. The Labute approximate surface area is 264 Å². The van der Waals surface area contributed by atoms with Crippen molar-refractivity contribution in [2.45, 2.75) is 25.2 Å². The summed E-state index contributed by atoms with van der Waals surface area (Å²) in [7, 11) is 0. The standard InChI is InChI=1S/C34H31ClFN5O2S/c35-24-4-8-26(9-5-24)39-31(42)20-43-28-12-1-22(2-13-28)23-3-14-29-30(19-23)44-34-32(29)33(37-21-38-34)41-17-15-40(16-18-41)27-10-6-25(36)7-11-27/h1-2,4-13,21,23H,3,14-20H2,(H,39,42). The maximum Gasteiger partial charge on any atom is 0.262 e. The average molecular weight is 628 g/mol. The number of ether oxygens (including phenoxy) is 1. The first-order valence-electron chi connectivity index (χ1n) is 14.8. The molecular formula is C34H31ClFN5O2S. The predicted molar refractivity (Wildman–Crippen MR) is 175 cm³/mol. The Balaban J connectivity index is 0.989. The van der Waals surface area contributed by atoms with Crippen LogP contribution < -0.4 is 19.9 Å². The fourth-order valence-electron chi connectivity index (χ4n) is 6.16. The van der Waals surface area contributed by atoms with Crippen molar-refractivity contribution in [2.24, 2.45) is 0 Å². The van der Waals surface area contributed by atoms with Crippen LogP contribution in [0.1, 0.15) is 28.3 Å². The normalized spacial score (nSPS) is 16.5. The van der Waals surface area contributed by atoms with E-state index in [1.165, 1.54) is 33.5 Å². The van der Waals surface area contributed by atoms with Crippen molar-refractivity contribution in [3.05, 3.63) is 106 Å². The highest BCUT2D eigenvalue weighted by molar-refractivity contribution is 7.19. The minimum absolute atomic E-state index is 0.0683. The van der Waals surface area contributed by atoms with Crippen molar-refractivity contribution in [3.63, 3.8) is 0 Å². The van der Waals surface area contributed by atoms with Gasteiger partial charge in [0.15, 0.2) is 6.61 Å². The lowest BCUT2D eigenvalue weighted by Gasteiger charge is -2.37. The van der Waals surface area contributed by atoms with Crippen LogP contribution in [0.25, 0.3) is 10.2 Å². The molecule has 1 aliphatic carbocycles. The average Bonchev–Trinajstić information content (AvgIpc) is 3.44. The highest BCUT2D eigenvalue weighted by atomic mass is 35.5. The number of nitrogens with zero attached hydrogens (tertiary/aromatic N) is 4. The van der Waals surface area contributed by atoms with Crippen LogP contribution in [0.5, 0.6) is 5.75 Å². The van der Waals surface area contributed by atoms with Crippen molar-refractivity contribution >= 4 is 56.3 Å². The van der Waals surface area contributed by atoms with Gasteiger partial charge in [-0.25, -0.2) is 14.4 Å². The Morgan fingerprint density at radius 2 is 1.68 bits per heavy atom. The number of carbonyl (C=O) groups excluding carboxylic acids is 1. The van der Waals surface area contributed by atoms with Crippen LogP contribution >= 0.6 is 22.9 Å². The van der Waals surface area contributed by atoms with Crippen molar-refractivity contribution < 1.29 is 13.9 Å². The van der Waals surface area contributed by atoms with Gasteiger partial charge < -0.3 is 19.9 Å². The summed E-state index contributed by atoms with van der Waals surface area (Å²) < 4.78 is 19.1. The molecule has 2 aromatic heterocycles. The summed E-state index contributed by atoms with van der Waals surface area (Å²) in [6.45, 7) is 3.36. The lowest BCUT2D eigenvalue weighted by atomic mass is 9.83. The number of piperazine rings is 1. The molecule has 0 radical (unpaired) electrons. The number of rotatable bonds is 7. The number of carbonyl (C=O) groups is 1. The van der Waals surface area contributed by atoms with Gasteiger partial charge in [-0.1, -0.05) is 23.7 Å². The molecule has 1 atom stereocenters. The number of amides is 1. The lowest BCUT2D eigenvalue weighted by molar-refractivity contribution is -0.118. The second kappa shape index (κ2) is 12.4. The predicted octanol–water partition coefficient (Wildman–Crippen LogP) is 7.10. The van der Waals surface area contributed by atoms with Gasteiger partial charge in [-0.3, -0.25) is 4.79 Å². The van der Waals surface area contributed by atoms with Gasteiger partial charge in [-0.2, -0.15) is 0 Å². The number of anilines is 3. The molecule has 2 aliphatic rings. The molecule has 1 amide bonds. The van der Waals surface area contributed by atoms with Crippen molar-refractivity contribution in [2.75, 3.05) is 47.9 Å². The van der Waals surface area contributed by atoms with Gasteiger partial charge in [0, 0.05) is 47.5 Å². The van der Waals surface area contributed by atoms with Gasteiger partial charge in [0.25, 0.3) is 5.91 Å². The van der Waals surface area contributed by atoms with Crippen LogP contribution in [-0.4, -0.2) is 48.7 Å².